The van der Waals surface area contributed by atoms with Gasteiger partial charge < -0.3 is 10.2 Å². The minimum atomic E-state index is -0.910. The minimum absolute atomic E-state index is 0.365. The summed E-state index contributed by atoms with van der Waals surface area (Å²) in [7, 11) is 0. The van der Waals surface area contributed by atoms with Gasteiger partial charge in [-0.3, -0.25) is 9.59 Å². The number of aliphatic carboxylic acids is 2. The minimum Gasteiger partial charge on any atom is -0.481 e. The number of carbonyl (C=O) groups is 2. The van der Waals surface area contributed by atoms with Crippen LogP contribution in [0.2, 0.25) is 0 Å². The Morgan fingerprint density at radius 3 is 1.37 bits per heavy atom. The highest BCUT2D eigenvalue weighted by Crippen LogP contribution is 2.55. The van der Waals surface area contributed by atoms with Gasteiger partial charge in [0.05, 0.1) is 10.8 Å². The molecule has 0 unspecified atom stereocenters. The fraction of sp³-hybridized carbons (Fsp3) is 0.870. The second-order valence-electron chi connectivity index (χ2n) is 8.96. The number of carboxylic acids is 2. The van der Waals surface area contributed by atoms with E-state index >= 15 is 0 Å². The second-order valence-corrected chi connectivity index (χ2v) is 8.96. The van der Waals surface area contributed by atoms with E-state index in [0.717, 1.165) is 64.2 Å². The zero-order valence-corrected chi connectivity index (χ0v) is 17.2. The van der Waals surface area contributed by atoms with Crippen LogP contribution in [0.25, 0.3) is 0 Å². The molecular formula is C23H39O4. The molecule has 0 heterocycles. The monoisotopic (exact) mass is 379 g/mol. The van der Waals surface area contributed by atoms with Crippen LogP contribution in [-0.2, 0) is 9.59 Å². The molecule has 2 rings (SSSR count). The van der Waals surface area contributed by atoms with Crippen molar-refractivity contribution in [1.82, 2.24) is 0 Å². The topological polar surface area (TPSA) is 74.6 Å². The number of hydrogen-bond acceptors (Lipinski definition) is 2. The van der Waals surface area contributed by atoms with E-state index in [4.69, 9.17) is 0 Å². The van der Waals surface area contributed by atoms with Crippen LogP contribution in [0.4, 0.5) is 0 Å². The molecule has 2 fully saturated rings. The Bertz CT molecular complexity index is 429. The molecule has 4 heteroatoms. The van der Waals surface area contributed by atoms with E-state index in [-0.39, 0.29) is 5.92 Å². The molecule has 0 atom stereocenters. The van der Waals surface area contributed by atoms with Crippen molar-refractivity contribution in [3.63, 3.8) is 0 Å². The van der Waals surface area contributed by atoms with Crippen molar-refractivity contribution in [1.29, 1.82) is 0 Å². The smallest absolute Gasteiger partial charge is 0.309 e. The van der Waals surface area contributed by atoms with Crippen LogP contribution in [0.5, 0.6) is 0 Å². The lowest BCUT2D eigenvalue weighted by molar-refractivity contribution is -0.168. The predicted molar refractivity (Wildman–Crippen MR) is 107 cm³/mol. The third-order valence-corrected chi connectivity index (χ3v) is 7.23. The highest BCUT2D eigenvalue weighted by atomic mass is 16.4. The predicted octanol–water partition coefficient (Wildman–Crippen LogP) is 6.24. The van der Waals surface area contributed by atoms with Crippen LogP contribution >= 0.6 is 0 Å². The van der Waals surface area contributed by atoms with Crippen molar-refractivity contribution < 1.29 is 19.8 Å². The summed E-state index contributed by atoms with van der Waals surface area (Å²) in [6, 6.07) is 0. The molecule has 0 aromatic carbocycles. The highest BCUT2D eigenvalue weighted by Gasteiger charge is 2.57. The quantitative estimate of drug-likeness (QED) is 0.549. The number of unbranched alkanes of at least 4 members (excludes halogenated alkanes) is 1. The van der Waals surface area contributed by atoms with Crippen molar-refractivity contribution in [3.8, 4) is 0 Å². The van der Waals surface area contributed by atoms with E-state index in [1.54, 1.807) is 0 Å². The lowest BCUT2D eigenvalue weighted by atomic mass is 9.53. The first-order chi connectivity index (χ1) is 13.0. The summed E-state index contributed by atoms with van der Waals surface area (Å²) < 4.78 is 0. The summed E-state index contributed by atoms with van der Waals surface area (Å²) in [6.45, 7) is 2.09. The summed E-state index contributed by atoms with van der Waals surface area (Å²) in [4.78, 5) is 25.4. The molecule has 2 aliphatic carbocycles. The van der Waals surface area contributed by atoms with E-state index in [1.807, 2.05) is 0 Å². The van der Waals surface area contributed by atoms with Crippen LogP contribution in [0.1, 0.15) is 110 Å². The maximum Gasteiger partial charge on any atom is 0.309 e. The van der Waals surface area contributed by atoms with Crippen molar-refractivity contribution in [2.45, 2.75) is 110 Å². The normalized spacial score (nSPS) is 23.6. The average Bonchev–Trinajstić information content (AvgIpc) is 2.57. The molecule has 0 saturated heterocycles. The average molecular weight is 380 g/mol. The van der Waals surface area contributed by atoms with E-state index in [1.165, 1.54) is 12.8 Å². The standard InChI is InChI=1S/C23H39O4/c1-2-3-14-19(22(20(24)25)15-10-6-4-7-11-16-22)23(21(26)27)17-12-8-5-9-13-18-23/h14,19H,2-13,15-18H2,1H3,(H,24,25)(H,26,27). The van der Waals surface area contributed by atoms with Gasteiger partial charge in [0, 0.05) is 0 Å². The highest BCUT2D eigenvalue weighted by molar-refractivity contribution is 5.80. The van der Waals surface area contributed by atoms with Crippen molar-refractivity contribution in [2.75, 3.05) is 0 Å². The molecule has 2 saturated carbocycles. The van der Waals surface area contributed by atoms with E-state index in [2.05, 4.69) is 13.3 Å². The molecule has 0 aromatic heterocycles. The van der Waals surface area contributed by atoms with Crippen LogP contribution in [0.15, 0.2) is 0 Å². The third kappa shape index (κ3) is 5.06. The van der Waals surface area contributed by atoms with Crippen LogP contribution in [0.3, 0.4) is 0 Å². The fourth-order valence-electron chi connectivity index (χ4n) is 5.70. The second kappa shape index (κ2) is 10.5. The van der Waals surface area contributed by atoms with Crippen LogP contribution < -0.4 is 0 Å². The van der Waals surface area contributed by atoms with Gasteiger partial charge in [-0.1, -0.05) is 84.0 Å². The first-order valence-corrected chi connectivity index (χ1v) is 11.3. The zero-order valence-electron chi connectivity index (χ0n) is 17.2. The molecule has 0 bridgehead atoms. The third-order valence-electron chi connectivity index (χ3n) is 7.23. The van der Waals surface area contributed by atoms with Gasteiger partial charge in [-0.05, 0) is 38.0 Å². The molecule has 27 heavy (non-hydrogen) atoms. The molecule has 1 radical (unpaired) electrons. The van der Waals surface area contributed by atoms with E-state index in [0.29, 0.717) is 25.7 Å². The summed E-state index contributed by atoms with van der Waals surface area (Å²) in [6.07, 6.45) is 16.6. The molecular weight excluding hydrogens is 340 g/mol. The summed E-state index contributed by atoms with van der Waals surface area (Å²) in [5.41, 5.74) is -1.82. The lowest BCUT2D eigenvalue weighted by Gasteiger charge is -2.48. The lowest BCUT2D eigenvalue weighted by Crippen LogP contribution is -2.52. The Hall–Kier alpha value is -1.06. The van der Waals surface area contributed by atoms with Crippen molar-refractivity contribution in [3.05, 3.63) is 6.42 Å². The van der Waals surface area contributed by atoms with Gasteiger partial charge in [-0.15, -0.1) is 0 Å². The first-order valence-electron chi connectivity index (χ1n) is 11.3. The van der Waals surface area contributed by atoms with Gasteiger partial charge in [0.2, 0.25) is 0 Å². The first kappa shape index (κ1) is 22.2. The van der Waals surface area contributed by atoms with Gasteiger partial charge in [0.25, 0.3) is 0 Å². The summed E-state index contributed by atoms with van der Waals surface area (Å²) in [5, 5.41) is 20.8. The molecule has 0 amide bonds. The molecule has 0 aromatic rings. The van der Waals surface area contributed by atoms with E-state index in [9.17, 15) is 19.8 Å². The summed E-state index contributed by atoms with van der Waals surface area (Å²) >= 11 is 0. The largest absolute Gasteiger partial charge is 0.481 e. The molecule has 2 aliphatic rings. The Morgan fingerprint density at radius 2 is 1.07 bits per heavy atom. The maximum absolute atomic E-state index is 12.7. The molecule has 0 spiro atoms. The number of hydrogen-bond donors (Lipinski definition) is 2. The zero-order chi connectivity index (χ0) is 19.8. The maximum atomic E-state index is 12.7. The van der Waals surface area contributed by atoms with Gasteiger partial charge in [0.1, 0.15) is 0 Å². The fourth-order valence-corrected chi connectivity index (χ4v) is 5.70. The van der Waals surface area contributed by atoms with Gasteiger partial charge in [-0.25, -0.2) is 0 Å². The number of carboxylic acid groups (broad SMARTS) is 2. The molecule has 2 N–H and O–H groups in total. The Kier molecular flexibility index (Phi) is 8.62. The number of rotatable bonds is 7. The van der Waals surface area contributed by atoms with Crippen molar-refractivity contribution in [2.24, 2.45) is 16.7 Å². The van der Waals surface area contributed by atoms with Crippen LogP contribution in [0, 0.1) is 23.2 Å². The van der Waals surface area contributed by atoms with Gasteiger partial charge in [0.15, 0.2) is 0 Å². The molecule has 4 nitrogen and oxygen atoms in total. The molecule has 0 aliphatic heterocycles. The Morgan fingerprint density at radius 1 is 0.741 bits per heavy atom. The van der Waals surface area contributed by atoms with Crippen LogP contribution in [-0.4, -0.2) is 22.2 Å². The summed E-state index contributed by atoms with van der Waals surface area (Å²) in [5.74, 6) is -1.88. The van der Waals surface area contributed by atoms with E-state index < -0.39 is 22.8 Å². The van der Waals surface area contributed by atoms with Gasteiger partial charge in [-0.2, -0.15) is 0 Å². The van der Waals surface area contributed by atoms with Crippen molar-refractivity contribution >= 4 is 11.9 Å². The Balaban J connectivity index is 2.49. The van der Waals surface area contributed by atoms with Gasteiger partial charge >= 0.3 is 11.9 Å². The molecule has 155 valence electrons. The Labute approximate surface area is 165 Å². The SMILES string of the molecule is CCC[CH]C(C1(C(=O)O)CCCCCCC1)C1(C(=O)O)CCCCCCC1.